The van der Waals surface area contributed by atoms with Gasteiger partial charge in [-0.05, 0) is 372 Å². The van der Waals surface area contributed by atoms with Gasteiger partial charge in [-0.1, -0.05) is 155 Å². The maximum atomic E-state index is 4.93. The van der Waals surface area contributed by atoms with Crippen LogP contribution in [0.5, 0.6) is 0 Å². The summed E-state index contributed by atoms with van der Waals surface area (Å²) in [5.74, 6) is 0. The third-order valence-electron chi connectivity index (χ3n) is 29.2. The molecule has 0 aliphatic heterocycles. The van der Waals surface area contributed by atoms with Crippen molar-refractivity contribution in [1.82, 2.24) is 19.9 Å². The summed E-state index contributed by atoms with van der Waals surface area (Å²) in [6.45, 7) is 35.4. The first-order valence-electron chi connectivity index (χ1n) is 44.5. The van der Waals surface area contributed by atoms with Crippen molar-refractivity contribution in [1.29, 1.82) is 0 Å². The molecule has 0 amide bonds. The first-order valence-corrected chi connectivity index (χ1v) is 44.5. The van der Waals surface area contributed by atoms with Crippen molar-refractivity contribution in [2.75, 3.05) is 0 Å². The van der Waals surface area contributed by atoms with E-state index < -0.39 is 0 Å². The second-order valence-electron chi connectivity index (χ2n) is 37.8. The van der Waals surface area contributed by atoms with Gasteiger partial charge in [0.15, 0.2) is 22.8 Å². The van der Waals surface area contributed by atoms with Gasteiger partial charge < -0.3 is 0 Å². The Morgan fingerprint density at radius 2 is 0.492 bits per heavy atom. The molecule has 0 saturated carbocycles. The van der Waals surface area contributed by atoms with E-state index >= 15 is 0 Å². The van der Waals surface area contributed by atoms with Gasteiger partial charge in [-0.2, -0.15) is 0 Å². The fraction of sp³-hybridized carbons (Fsp3) is 0.241. The quantitative estimate of drug-likeness (QED) is 0.165. The summed E-state index contributed by atoms with van der Waals surface area (Å²) >= 11 is 0. The number of fused-ring (bicyclic) bond motifs is 24. The van der Waals surface area contributed by atoms with Crippen molar-refractivity contribution in [3.63, 3.8) is 0 Å². The van der Waals surface area contributed by atoms with Crippen LogP contribution < -0.4 is 18.3 Å². The second kappa shape index (κ2) is 29.3. The van der Waals surface area contributed by atoms with Gasteiger partial charge >= 0.3 is 0 Å². The normalized spacial score (nSPS) is 13.1. The molecule has 0 atom stereocenters. The Morgan fingerprint density at radius 3 is 0.919 bits per heavy atom. The highest BCUT2D eigenvalue weighted by Gasteiger charge is 2.40. The molecule has 12 aromatic carbocycles. The Labute approximate surface area is 731 Å². The fourth-order valence-corrected chi connectivity index (χ4v) is 22.6. The lowest BCUT2D eigenvalue weighted by molar-refractivity contribution is -0.663. The van der Waals surface area contributed by atoms with Crippen molar-refractivity contribution in [2.45, 2.75) is 162 Å². The number of hydrogen-bond acceptors (Lipinski definition) is 4. The van der Waals surface area contributed by atoms with Gasteiger partial charge in [0.25, 0.3) is 25.3 Å². The first-order chi connectivity index (χ1) is 59.6. The van der Waals surface area contributed by atoms with Crippen molar-refractivity contribution in [3.05, 3.63) is 373 Å². The molecule has 24 rings (SSSR count). The second-order valence-corrected chi connectivity index (χ2v) is 37.8. The molecule has 0 N–H and O–H groups in total. The zero-order valence-corrected chi connectivity index (χ0v) is 75.7. The number of benzene rings is 12. The van der Waals surface area contributed by atoms with Gasteiger partial charge in [0.05, 0.1) is 50.4 Å². The summed E-state index contributed by atoms with van der Waals surface area (Å²) in [5.41, 5.74) is 76.0. The lowest BCUT2D eigenvalue weighted by Crippen LogP contribution is -2.33. The SMILES string of the molecule is Cc1cc(C)c(C)c(-c2c3c(nc[n+]2C)-c2cc4c(cc2C3)Cc2c(C)cccc2-4)c1.Cc1cc(C)c(C)c(-c2c3c(nc[n+]2C)-c2cc4c(cc2C3)Cc2cccc(C)c2-4)c1.Cc1ccc2c(c1)-c1cc3c(cc1C2)Cc1c-3nc[n+](C)c1-c1cc(C)cc(C)c1C.Cc1ccc2c(c1)Cc1cc3c(cc1-2)-c1nc[n+](C)c(-c2cc(C)cc(C)c2C)c1C3. The van der Waals surface area contributed by atoms with Crippen LogP contribution in [0.3, 0.4) is 0 Å². The molecule has 8 aliphatic carbocycles. The highest BCUT2D eigenvalue weighted by Crippen LogP contribution is 2.53. The van der Waals surface area contributed by atoms with E-state index in [1.807, 2.05) is 25.3 Å². The predicted molar refractivity (Wildman–Crippen MR) is 505 cm³/mol. The van der Waals surface area contributed by atoms with E-state index in [-0.39, 0.29) is 0 Å². The number of aryl methyl sites for hydroxylation is 16. The Morgan fingerprint density at radius 1 is 0.194 bits per heavy atom. The van der Waals surface area contributed by atoms with Crippen molar-refractivity contribution in [2.24, 2.45) is 28.2 Å². The van der Waals surface area contributed by atoms with E-state index in [4.69, 9.17) is 19.9 Å². The highest BCUT2D eigenvalue weighted by atomic mass is 15.0. The van der Waals surface area contributed by atoms with Crippen LogP contribution in [-0.2, 0) is 79.6 Å². The Kier molecular flexibility index (Phi) is 18.5. The van der Waals surface area contributed by atoms with E-state index in [1.54, 1.807) is 0 Å². The molecule has 4 heterocycles. The lowest BCUT2D eigenvalue weighted by atomic mass is 9.94. The molecule has 8 aliphatic rings. The van der Waals surface area contributed by atoms with Gasteiger partial charge in [-0.15, -0.1) is 0 Å². The molecule has 8 nitrogen and oxygen atoms in total. The Balaban J connectivity index is 0.000000101. The molecule has 608 valence electrons. The minimum atomic E-state index is 0.955. The predicted octanol–water partition coefficient (Wildman–Crippen LogP) is 23.8. The van der Waals surface area contributed by atoms with Crippen molar-refractivity contribution < 1.29 is 18.3 Å². The zero-order valence-electron chi connectivity index (χ0n) is 75.7. The lowest BCUT2D eigenvalue weighted by Gasteiger charge is -2.13. The third-order valence-corrected chi connectivity index (χ3v) is 29.2. The largest absolute Gasteiger partial charge is 0.287 e. The van der Waals surface area contributed by atoms with Crippen molar-refractivity contribution >= 4 is 0 Å². The van der Waals surface area contributed by atoms with Crippen LogP contribution in [0.15, 0.2) is 195 Å². The molecule has 0 unspecified atom stereocenters. The summed E-state index contributed by atoms with van der Waals surface area (Å²) in [7, 11) is 8.51. The Bertz CT molecular complexity index is 7350. The number of rotatable bonds is 4. The topological polar surface area (TPSA) is 67.1 Å². The summed E-state index contributed by atoms with van der Waals surface area (Å²) in [5, 5.41) is 0. The monoisotopic (exact) mass is 1610 g/mol. The van der Waals surface area contributed by atoms with Crippen LogP contribution in [0.25, 0.3) is 135 Å². The average molecular weight is 1610 g/mol. The molecule has 0 fully saturated rings. The molecule has 4 aromatic heterocycles. The molecule has 124 heavy (non-hydrogen) atoms. The zero-order chi connectivity index (χ0) is 85.8. The van der Waals surface area contributed by atoms with Crippen LogP contribution in [0.2, 0.25) is 0 Å². The van der Waals surface area contributed by atoms with Gasteiger partial charge in [0.2, 0.25) is 0 Å². The third kappa shape index (κ3) is 12.6. The number of nitrogens with zero attached hydrogens (tertiary/aromatic N) is 8. The van der Waals surface area contributed by atoms with Crippen LogP contribution in [0.4, 0.5) is 0 Å². The van der Waals surface area contributed by atoms with Gasteiger partial charge in [0.1, 0.15) is 22.8 Å². The summed E-state index contributed by atoms with van der Waals surface area (Å²) in [4.78, 5) is 19.7. The van der Waals surface area contributed by atoms with Crippen LogP contribution in [0, 0.1) is 111 Å². The van der Waals surface area contributed by atoms with Gasteiger partial charge in [-0.3, -0.25) is 0 Å². The number of hydrogen-bond donors (Lipinski definition) is 0. The number of aromatic nitrogens is 8. The minimum Gasteiger partial charge on any atom is -0.232 e. The minimum absolute atomic E-state index is 0.955. The van der Waals surface area contributed by atoms with E-state index in [9.17, 15) is 0 Å². The standard InChI is InChI=1S/4C29H27N2/c1-16-6-7-23-20(9-16)11-21-12-22-13-27-28(26(22)14-25(21)23)30-15-31(5)29(27)24-10-17(2)8-18(3)19(24)4;1-16-6-7-20-11-21-12-22-13-27-28(26(22)14-25(21)24(20)9-16)30-15-31(5)29(27)23-10-17(2)8-18(3)19(23)4;1-16-9-18(3)19(4)24(10-16)29-27-13-21-11-20-12-23-17(2)7-6-8-22(23)25(20)14-26(21)28(27)30-15-31(29)5;1-16-9-18(3)19(4)23(10-16)29-26-13-22-12-21-11-20-8-6-7-17(2)27(20)24(21)14-25(22)28(26)30-15-31(29)5/h2*6-10,12,14-15H,11,13H2,1-5H3;6-11,14-15H,12-13H2,1-5H3;6-10,12,14-15H,11,13H2,1-5H3/q4*+1. The van der Waals surface area contributed by atoms with E-state index in [1.165, 1.54) is 290 Å². The maximum Gasteiger partial charge on any atom is 0.287 e. The molecular weight excluding hydrogens is 1510 g/mol. The average Bonchev–Trinajstić information content (AvgIpc) is 1.59. The van der Waals surface area contributed by atoms with E-state index in [0.717, 1.165) is 74.1 Å². The summed E-state index contributed by atoms with van der Waals surface area (Å²) in [6, 6.07) is 65.0. The molecule has 0 saturated heterocycles. The molecule has 8 heteroatoms. The van der Waals surface area contributed by atoms with E-state index in [0.29, 0.717) is 0 Å². The van der Waals surface area contributed by atoms with Crippen LogP contribution >= 0.6 is 0 Å². The summed E-state index contributed by atoms with van der Waals surface area (Å²) < 4.78 is 8.83. The molecule has 0 spiro atoms. The molecule has 0 radical (unpaired) electrons. The van der Waals surface area contributed by atoms with Crippen LogP contribution in [0.1, 0.15) is 178 Å². The smallest absolute Gasteiger partial charge is 0.232 e. The maximum absolute atomic E-state index is 4.93. The van der Waals surface area contributed by atoms with Crippen molar-refractivity contribution in [3.8, 4) is 135 Å². The molecular formula is C116H108N8+4. The van der Waals surface area contributed by atoms with Gasteiger partial charge in [-0.25, -0.2) is 18.3 Å². The van der Waals surface area contributed by atoms with Gasteiger partial charge in [0, 0.05) is 70.2 Å². The summed E-state index contributed by atoms with van der Waals surface area (Å²) in [6.07, 6.45) is 16.0. The Hall–Kier alpha value is -13.0. The van der Waals surface area contributed by atoms with Crippen LogP contribution in [-0.4, -0.2) is 19.9 Å². The molecule has 16 aromatic rings. The molecule has 0 bridgehead atoms. The fourth-order valence-electron chi connectivity index (χ4n) is 22.6. The van der Waals surface area contributed by atoms with E-state index in [2.05, 4.69) is 327 Å². The highest BCUT2D eigenvalue weighted by molar-refractivity contribution is 5.93. The first kappa shape index (κ1) is 78.2.